The summed E-state index contributed by atoms with van der Waals surface area (Å²) in [5, 5.41) is 9.25. The Bertz CT molecular complexity index is 516. The number of nitrogens with zero attached hydrogens (tertiary/aromatic N) is 2. The number of likely N-dealkylation sites (tertiary alicyclic amines) is 2. The molecule has 3 aliphatic rings. The molecular weight excluding hydrogens is 272 g/mol. The van der Waals surface area contributed by atoms with Crippen molar-refractivity contribution in [1.82, 2.24) is 9.80 Å². The Morgan fingerprint density at radius 2 is 1.95 bits per heavy atom. The molecule has 0 spiro atoms. The summed E-state index contributed by atoms with van der Waals surface area (Å²) in [7, 11) is 1.77. The second-order valence-electron chi connectivity index (χ2n) is 7.18. The van der Waals surface area contributed by atoms with Gasteiger partial charge in [0, 0.05) is 20.1 Å². The van der Waals surface area contributed by atoms with Crippen molar-refractivity contribution >= 4 is 17.8 Å². The third-order valence-corrected chi connectivity index (χ3v) is 5.58. The van der Waals surface area contributed by atoms with Gasteiger partial charge >= 0.3 is 5.97 Å². The fourth-order valence-electron chi connectivity index (χ4n) is 4.24. The highest BCUT2D eigenvalue weighted by Gasteiger charge is 2.67. The number of hydrogen-bond donors (Lipinski definition) is 1. The average Bonchev–Trinajstić information content (AvgIpc) is 2.88. The van der Waals surface area contributed by atoms with Crippen LogP contribution in [0.15, 0.2) is 0 Å². The number of hydrogen-bond acceptors (Lipinski definition) is 3. The zero-order valence-electron chi connectivity index (χ0n) is 12.7. The van der Waals surface area contributed by atoms with Crippen LogP contribution in [0.3, 0.4) is 0 Å². The lowest BCUT2D eigenvalue weighted by Gasteiger charge is -2.36. The minimum atomic E-state index is -0.897. The largest absolute Gasteiger partial charge is 0.481 e. The summed E-state index contributed by atoms with van der Waals surface area (Å²) in [6.45, 7) is 4.88. The van der Waals surface area contributed by atoms with Crippen LogP contribution >= 0.6 is 0 Å². The van der Waals surface area contributed by atoms with Crippen LogP contribution in [-0.4, -0.2) is 58.9 Å². The second kappa shape index (κ2) is 4.45. The van der Waals surface area contributed by atoms with E-state index in [1.165, 1.54) is 0 Å². The Balaban J connectivity index is 1.80. The number of carbonyl (C=O) groups excluding carboxylic acids is 2. The van der Waals surface area contributed by atoms with Gasteiger partial charge in [0.25, 0.3) is 0 Å². The summed E-state index contributed by atoms with van der Waals surface area (Å²) >= 11 is 0. The van der Waals surface area contributed by atoms with E-state index in [9.17, 15) is 19.5 Å². The lowest BCUT2D eigenvalue weighted by atomic mass is 9.91. The van der Waals surface area contributed by atoms with Crippen LogP contribution in [0.5, 0.6) is 0 Å². The van der Waals surface area contributed by atoms with Gasteiger partial charge in [-0.15, -0.1) is 0 Å². The number of carbonyl (C=O) groups is 3. The van der Waals surface area contributed by atoms with E-state index in [1.807, 2.05) is 13.8 Å². The molecule has 0 aromatic rings. The summed E-state index contributed by atoms with van der Waals surface area (Å²) in [5.74, 6) is -2.01. The zero-order valence-corrected chi connectivity index (χ0v) is 12.7. The van der Waals surface area contributed by atoms with Crippen molar-refractivity contribution in [2.45, 2.75) is 32.7 Å². The quantitative estimate of drug-likeness (QED) is 0.801. The molecule has 6 nitrogen and oxygen atoms in total. The molecule has 3 fully saturated rings. The van der Waals surface area contributed by atoms with Crippen LogP contribution in [0.4, 0.5) is 0 Å². The first-order valence-corrected chi connectivity index (χ1v) is 7.55. The van der Waals surface area contributed by atoms with Crippen LogP contribution in [0.25, 0.3) is 0 Å². The van der Waals surface area contributed by atoms with Crippen LogP contribution in [0.2, 0.25) is 0 Å². The van der Waals surface area contributed by atoms with Crippen molar-refractivity contribution < 1.29 is 19.5 Å². The molecule has 4 atom stereocenters. The maximum atomic E-state index is 12.8. The minimum Gasteiger partial charge on any atom is -0.481 e. The van der Waals surface area contributed by atoms with Crippen molar-refractivity contribution in [3.05, 3.63) is 0 Å². The van der Waals surface area contributed by atoms with E-state index in [-0.39, 0.29) is 23.8 Å². The zero-order chi connectivity index (χ0) is 15.5. The topological polar surface area (TPSA) is 77.9 Å². The SMILES string of the molecule is CN1C[C@@H]2[C@@H](CCCN2C(=O)[C@@H]2[C@H](C(=O)O)C2(C)C)C1=O. The fraction of sp³-hybridized carbons (Fsp3) is 0.800. The van der Waals surface area contributed by atoms with Crippen LogP contribution in [-0.2, 0) is 14.4 Å². The minimum absolute atomic E-state index is 0.0744. The van der Waals surface area contributed by atoms with Crippen LogP contribution in [0, 0.1) is 23.2 Å². The number of likely N-dealkylation sites (N-methyl/N-ethyl adjacent to an activating group) is 1. The molecule has 1 N–H and O–H groups in total. The maximum Gasteiger partial charge on any atom is 0.307 e. The highest BCUT2D eigenvalue weighted by atomic mass is 16.4. The van der Waals surface area contributed by atoms with Crippen molar-refractivity contribution in [2.24, 2.45) is 23.2 Å². The summed E-state index contributed by atoms with van der Waals surface area (Å²) in [6, 6.07) is -0.0744. The molecule has 0 aromatic carbocycles. The molecule has 1 aliphatic carbocycles. The van der Waals surface area contributed by atoms with Gasteiger partial charge in [-0.25, -0.2) is 0 Å². The highest BCUT2D eigenvalue weighted by Crippen LogP contribution is 2.59. The molecule has 0 unspecified atom stereocenters. The van der Waals surface area contributed by atoms with E-state index in [4.69, 9.17) is 0 Å². The molecule has 2 saturated heterocycles. The summed E-state index contributed by atoms with van der Waals surface area (Å²) in [6.07, 6.45) is 1.64. The summed E-state index contributed by atoms with van der Waals surface area (Å²) in [5.41, 5.74) is -0.482. The van der Waals surface area contributed by atoms with Gasteiger partial charge in [-0.05, 0) is 18.3 Å². The molecule has 0 bridgehead atoms. The Hall–Kier alpha value is -1.59. The Morgan fingerprint density at radius 1 is 1.29 bits per heavy atom. The predicted molar refractivity (Wildman–Crippen MR) is 74.3 cm³/mol. The number of carboxylic acids is 1. The van der Waals surface area contributed by atoms with Gasteiger partial charge < -0.3 is 14.9 Å². The van der Waals surface area contributed by atoms with Gasteiger partial charge in [0.1, 0.15) is 0 Å². The lowest BCUT2D eigenvalue weighted by molar-refractivity contribution is -0.144. The Kier molecular flexibility index (Phi) is 3.04. The highest BCUT2D eigenvalue weighted by molar-refractivity contribution is 5.93. The van der Waals surface area contributed by atoms with Gasteiger partial charge in [0.2, 0.25) is 11.8 Å². The standard InChI is InChI=1S/C15H22N2O4/c1-15(2)10(11(15)14(20)21)13(19)17-6-4-5-8-9(17)7-16(3)12(8)18/h8-11H,4-7H2,1-3H3,(H,20,21)/t8-,9-,10+,11-/m1/s1. The smallest absolute Gasteiger partial charge is 0.307 e. The Labute approximate surface area is 124 Å². The molecule has 116 valence electrons. The molecule has 1 saturated carbocycles. The van der Waals surface area contributed by atoms with E-state index in [0.29, 0.717) is 13.1 Å². The van der Waals surface area contributed by atoms with E-state index < -0.39 is 23.2 Å². The van der Waals surface area contributed by atoms with Crippen LogP contribution < -0.4 is 0 Å². The first-order chi connectivity index (χ1) is 9.76. The van der Waals surface area contributed by atoms with Crippen molar-refractivity contribution in [1.29, 1.82) is 0 Å². The number of piperidine rings is 1. The third-order valence-electron chi connectivity index (χ3n) is 5.58. The number of aliphatic carboxylic acids is 1. The van der Waals surface area contributed by atoms with Gasteiger partial charge in [0.15, 0.2) is 0 Å². The summed E-state index contributed by atoms with van der Waals surface area (Å²) in [4.78, 5) is 39.6. The normalized spacial score (nSPS) is 37.4. The van der Waals surface area contributed by atoms with Gasteiger partial charge in [0.05, 0.1) is 23.8 Å². The predicted octanol–water partition coefficient (Wildman–Crippen LogP) is 0.422. The number of fused-ring (bicyclic) bond motifs is 1. The van der Waals surface area contributed by atoms with E-state index >= 15 is 0 Å². The molecule has 2 aliphatic heterocycles. The second-order valence-corrected chi connectivity index (χ2v) is 7.18. The van der Waals surface area contributed by atoms with E-state index in [0.717, 1.165) is 12.8 Å². The number of carboxylic acid groups (broad SMARTS) is 1. The number of rotatable bonds is 2. The fourth-order valence-corrected chi connectivity index (χ4v) is 4.24. The maximum absolute atomic E-state index is 12.8. The summed E-state index contributed by atoms with van der Waals surface area (Å²) < 4.78 is 0. The Morgan fingerprint density at radius 3 is 2.52 bits per heavy atom. The monoisotopic (exact) mass is 294 g/mol. The van der Waals surface area contributed by atoms with E-state index in [2.05, 4.69) is 0 Å². The molecule has 2 amide bonds. The molecule has 21 heavy (non-hydrogen) atoms. The van der Waals surface area contributed by atoms with Crippen molar-refractivity contribution in [2.75, 3.05) is 20.1 Å². The molecule has 3 rings (SSSR count). The molecular formula is C15H22N2O4. The van der Waals surface area contributed by atoms with Crippen molar-refractivity contribution in [3.8, 4) is 0 Å². The number of amides is 2. The molecule has 0 radical (unpaired) electrons. The van der Waals surface area contributed by atoms with Gasteiger partial charge in [-0.2, -0.15) is 0 Å². The third kappa shape index (κ3) is 1.95. The molecule has 6 heteroatoms. The first-order valence-electron chi connectivity index (χ1n) is 7.55. The first kappa shape index (κ1) is 14.4. The van der Waals surface area contributed by atoms with E-state index in [1.54, 1.807) is 16.8 Å². The van der Waals surface area contributed by atoms with Crippen LogP contribution in [0.1, 0.15) is 26.7 Å². The molecule has 2 heterocycles. The molecule has 0 aromatic heterocycles. The van der Waals surface area contributed by atoms with Gasteiger partial charge in [-0.3, -0.25) is 14.4 Å². The lowest BCUT2D eigenvalue weighted by Crippen LogP contribution is -2.49. The van der Waals surface area contributed by atoms with Crippen molar-refractivity contribution in [3.63, 3.8) is 0 Å². The van der Waals surface area contributed by atoms with Gasteiger partial charge in [-0.1, -0.05) is 13.8 Å². The average molecular weight is 294 g/mol.